The summed E-state index contributed by atoms with van der Waals surface area (Å²) in [4.78, 5) is 0. The Kier molecular flexibility index (Phi) is 5.67. The van der Waals surface area contributed by atoms with Crippen molar-refractivity contribution in [1.29, 1.82) is 0 Å². The van der Waals surface area contributed by atoms with Crippen molar-refractivity contribution in [1.82, 2.24) is 10.2 Å². The predicted molar refractivity (Wildman–Crippen MR) is 97.2 cm³/mol. The summed E-state index contributed by atoms with van der Waals surface area (Å²) in [6, 6.07) is 12.7. The summed E-state index contributed by atoms with van der Waals surface area (Å²) in [6.07, 6.45) is -4.33. The van der Waals surface area contributed by atoms with E-state index in [-0.39, 0.29) is 0 Å². The molecule has 2 aromatic carbocycles. The fraction of sp³-hybridized carbons (Fsp3) is 0.176. The molecule has 4 nitrogen and oxygen atoms in total. The van der Waals surface area contributed by atoms with Crippen molar-refractivity contribution >= 4 is 33.9 Å². The van der Waals surface area contributed by atoms with Gasteiger partial charge in [0.1, 0.15) is 5.75 Å². The van der Waals surface area contributed by atoms with Gasteiger partial charge in [0.2, 0.25) is 5.13 Å². The lowest BCUT2D eigenvalue weighted by Crippen LogP contribution is -2.04. The van der Waals surface area contributed by atoms with E-state index in [2.05, 4.69) is 15.5 Å². The molecular weight excluding hydrogens is 383 g/mol. The zero-order valence-electron chi connectivity index (χ0n) is 13.6. The van der Waals surface area contributed by atoms with Gasteiger partial charge < -0.3 is 10.1 Å². The molecule has 0 aliphatic rings. The van der Waals surface area contributed by atoms with Crippen LogP contribution in [0, 0.1) is 0 Å². The van der Waals surface area contributed by atoms with Crippen molar-refractivity contribution in [2.24, 2.45) is 0 Å². The third-order valence-electron chi connectivity index (χ3n) is 3.36. The van der Waals surface area contributed by atoms with Gasteiger partial charge in [0.05, 0.1) is 12.7 Å². The van der Waals surface area contributed by atoms with Gasteiger partial charge in [-0.2, -0.15) is 13.2 Å². The molecule has 0 spiro atoms. The van der Waals surface area contributed by atoms with Crippen LogP contribution in [0.2, 0.25) is 0 Å². The van der Waals surface area contributed by atoms with Gasteiger partial charge in [-0.15, -0.1) is 10.2 Å². The number of halogens is 3. The normalized spacial score (nSPS) is 11.4. The molecule has 0 aliphatic heterocycles. The molecular formula is C17H14F3N3OS2. The van der Waals surface area contributed by atoms with Gasteiger partial charge in [-0.05, 0) is 35.9 Å². The Bertz CT molecular complexity index is 866. The highest BCUT2D eigenvalue weighted by Gasteiger charge is 2.30. The van der Waals surface area contributed by atoms with Gasteiger partial charge in [0, 0.05) is 11.4 Å². The average Bonchev–Trinajstić information content (AvgIpc) is 3.07. The molecule has 0 atom stereocenters. The molecule has 26 heavy (non-hydrogen) atoms. The van der Waals surface area contributed by atoms with E-state index in [1.165, 1.54) is 29.2 Å². The van der Waals surface area contributed by atoms with E-state index >= 15 is 0 Å². The van der Waals surface area contributed by atoms with Crippen LogP contribution in [-0.2, 0) is 11.9 Å². The van der Waals surface area contributed by atoms with E-state index in [1.807, 2.05) is 24.3 Å². The maximum Gasteiger partial charge on any atom is 0.416 e. The topological polar surface area (TPSA) is 47.0 Å². The Balaban J connectivity index is 1.60. The molecule has 3 aromatic rings. The van der Waals surface area contributed by atoms with Crippen LogP contribution in [-0.4, -0.2) is 17.3 Å². The summed E-state index contributed by atoms with van der Waals surface area (Å²) in [5.74, 6) is 1.14. The van der Waals surface area contributed by atoms with Crippen LogP contribution < -0.4 is 10.1 Å². The number of hydrogen-bond donors (Lipinski definition) is 1. The van der Waals surface area contributed by atoms with E-state index in [4.69, 9.17) is 4.74 Å². The van der Waals surface area contributed by atoms with E-state index in [0.717, 1.165) is 23.6 Å². The summed E-state index contributed by atoms with van der Waals surface area (Å²) >= 11 is 2.69. The third kappa shape index (κ3) is 4.89. The second-order valence-electron chi connectivity index (χ2n) is 5.21. The van der Waals surface area contributed by atoms with Gasteiger partial charge in [0.15, 0.2) is 4.34 Å². The summed E-state index contributed by atoms with van der Waals surface area (Å²) in [6.45, 7) is 0. The SMILES string of the molecule is COc1ccc(Nc2nnc(SCc3cccc(C(F)(F)F)c3)s2)cc1. The second-order valence-corrected chi connectivity index (χ2v) is 7.41. The summed E-state index contributed by atoms with van der Waals surface area (Å²) in [7, 11) is 1.60. The van der Waals surface area contributed by atoms with Gasteiger partial charge in [-0.1, -0.05) is 41.3 Å². The molecule has 1 heterocycles. The quantitative estimate of drug-likeness (QED) is 0.549. The first kappa shape index (κ1) is 18.5. The molecule has 3 rings (SSSR count). The van der Waals surface area contributed by atoms with Crippen molar-refractivity contribution in [3.05, 3.63) is 59.7 Å². The van der Waals surface area contributed by atoms with Crippen molar-refractivity contribution in [2.75, 3.05) is 12.4 Å². The number of hydrogen-bond acceptors (Lipinski definition) is 6. The van der Waals surface area contributed by atoms with Crippen molar-refractivity contribution in [3.8, 4) is 5.75 Å². The first-order valence-corrected chi connectivity index (χ1v) is 9.28. The fourth-order valence-corrected chi connectivity index (χ4v) is 3.81. The number of nitrogens with one attached hydrogen (secondary N) is 1. The largest absolute Gasteiger partial charge is 0.497 e. The zero-order valence-corrected chi connectivity index (χ0v) is 15.2. The van der Waals surface area contributed by atoms with Gasteiger partial charge in [-0.3, -0.25) is 0 Å². The van der Waals surface area contributed by atoms with Crippen LogP contribution in [0.15, 0.2) is 52.9 Å². The van der Waals surface area contributed by atoms with Crippen LogP contribution in [0.25, 0.3) is 0 Å². The molecule has 0 saturated carbocycles. The van der Waals surface area contributed by atoms with Crippen LogP contribution in [0.4, 0.5) is 24.0 Å². The second kappa shape index (κ2) is 7.96. The highest BCUT2D eigenvalue weighted by Crippen LogP contribution is 2.33. The lowest BCUT2D eigenvalue weighted by atomic mass is 10.1. The maximum absolute atomic E-state index is 12.7. The number of anilines is 2. The maximum atomic E-state index is 12.7. The Hall–Kier alpha value is -2.26. The predicted octanol–water partition coefficient (Wildman–Crippen LogP) is 5.60. The average molecular weight is 397 g/mol. The number of rotatable bonds is 6. The monoisotopic (exact) mass is 397 g/mol. The minimum atomic E-state index is -4.33. The van der Waals surface area contributed by atoms with E-state index in [0.29, 0.717) is 20.8 Å². The zero-order chi connectivity index (χ0) is 18.6. The van der Waals surface area contributed by atoms with Gasteiger partial charge in [0.25, 0.3) is 0 Å². The molecule has 0 fully saturated rings. The number of ether oxygens (including phenoxy) is 1. The number of benzene rings is 2. The number of methoxy groups -OCH3 is 1. The molecule has 0 aliphatic carbocycles. The molecule has 1 N–H and O–H groups in total. The lowest BCUT2D eigenvalue weighted by Gasteiger charge is -2.07. The van der Waals surface area contributed by atoms with Crippen molar-refractivity contribution < 1.29 is 17.9 Å². The Morgan fingerprint density at radius 1 is 1.12 bits per heavy atom. The highest BCUT2D eigenvalue weighted by atomic mass is 32.2. The van der Waals surface area contributed by atoms with Gasteiger partial charge >= 0.3 is 6.18 Å². The number of alkyl halides is 3. The molecule has 0 radical (unpaired) electrons. The smallest absolute Gasteiger partial charge is 0.416 e. The van der Waals surface area contributed by atoms with Crippen molar-refractivity contribution in [2.45, 2.75) is 16.3 Å². The molecule has 0 amide bonds. The summed E-state index contributed by atoms with van der Waals surface area (Å²) in [5, 5.41) is 11.8. The standard InChI is InChI=1S/C17H14F3N3OS2/c1-24-14-7-5-13(6-8-14)21-15-22-23-16(26-15)25-10-11-3-2-4-12(9-11)17(18,19)20/h2-9H,10H2,1H3,(H,21,22). The Labute approximate surface area is 156 Å². The van der Waals surface area contributed by atoms with Crippen LogP contribution >= 0.6 is 23.1 Å². The van der Waals surface area contributed by atoms with Crippen molar-refractivity contribution in [3.63, 3.8) is 0 Å². The molecule has 0 saturated heterocycles. The minimum Gasteiger partial charge on any atom is -0.497 e. The van der Waals surface area contributed by atoms with E-state index < -0.39 is 11.7 Å². The molecule has 0 unspecified atom stereocenters. The van der Waals surface area contributed by atoms with Crippen LogP contribution in [0.5, 0.6) is 5.75 Å². The third-order valence-corrected chi connectivity index (χ3v) is 5.41. The molecule has 136 valence electrons. The number of aromatic nitrogens is 2. The van der Waals surface area contributed by atoms with E-state index in [1.54, 1.807) is 13.2 Å². The lowest BCUT2D eigenvalue weighted by molar-refractivity contribution is -0.137. The molecule has 9 heteroatoms. The van der Waals surface area contributed by atoms with Gasteiger partial charge in [-0.25, -0.2) is 0 Å². The first-order valence-electron chi connectivity index (χ1n) is 7.47. The molecule has 0 bridgehead atoms. The fourth-order valence-electron chi connectivity index (χ4n) is 2.10. The first-order chi connectivity index (χ1) is 12.4. The van der Waals surface area contributed by atoms with E-state index in [9.17, 15) is 13.2 Å². The number of thioether (sulfide) groups is 1. The molecule has 1 aromatic heterocycles. The minimum absolute atomic E-state index is 0.390. The Morgan fingerprint density at radius 2 is 1.88 bits per heavy atom. The number of nitrogens with zero attached hydrogens (tertiary/aromatic N) is 2. The summed E-state index contributed by atoms with van der Waals surface area (Å²) in [5.41, 5.74) is 0.788. The summed E-state index contributed by atoms with van der Waals surface area (Å²) < 4.78 is 44.0. The highest BCUT2D eigenvalue weighted by molar-refractivity contribution is 8.00. The van der Waals surface area contributed by atoms with Crippen LogP contribution in [0.3, 0.4) is 0 Å². The van der Waals surface area contributed by atoms with Crippen LogP contribution in [0.1, 0.15) is 11.1 Å². The Morgan fingerprint density at radius 3 is 2.58 bits per heavy atom.